The Bertz CT molecular complexity index is 450. The first-order chi connectivity index (χ1) is 7.91. The minimum absolute atomic E-state index is 0.0865. The van der Waals surface area contributed by atoms with Gasteiger partial charge in [0.2, 0.25) is 0 Å². The highest BCUT2D eigenvalue weighted by Crippen LogP contribution is 2.32. The van der Waals surface area contributed by atoms with Crippen LogP contribution >= 0.6 is 15.9 Å². The van der Waals surface area contributed by atoms with Crippen molar-refractivity contribution in [2.45, 2.75) is 19.4 Å². The molecule has 0 aliphatic heterocycles. The normalized spacial score (nSPS) is 11.9. The summed E-state index contributed by atoms with van der Waals surface area (Å²) in [6.07, 6.45) is -0.113. The maximum atomic E-state index is 10.8. The smallest absolute Gasteiger partial charge is 0.305 e. The summed E-state index contributed by atoms with van der Waals surface area (Å²) in [6.45, 7) is 1.65. The monoisotopic (exact) mass is 302 g/mol. The Morgan fingerprint density at radius 3 is 2.82 bits per heavy atom. The van der Waals surface area contributed by atoms with Gasteiger partial charge in [0, 0.05) is 16.6 Å². The molecule has 0 saturated carbocycles. The highest BCUT2D eigenvalue weighted by Gasteiger charge is 2.18. The number of aliphatic carboxylic acids is 1. The quantitative estimate of drug-likeness (QED) is 0.644. The number of carbonyl (C=O) groups is 1. The van der Waals surface area contributed by atoms with Crippen LogP contribution in [-0.4, -0.2) is 22.0 Å². The average molecular weight is 303 g/mol. The predicted molar refractivity (Wildman–Crippen MR) is 66.1 cm³/mol. The standard InChI is InChI=1S/C10H11BrN2O4/c1-6(5-9(14)15)12-10-7(11)3-2-4-8(10)13(16)17/h2-4,6,12H,5H2,1H3,(H,14,15). The van der Waals surface area contributed by atoms with Crippen LogP contribution in [-0.2, 0) is 4.79 Å². The van der Waals surface area contributed by atoms with E-state index in [-0.39, 0.29) is 12.1 Å². The van der Waals surface area contributed by atoms with E-state index in [0.29, 0.717) is 10.2 Å². The van der Waals surface area contributed by atoms with Crippen LogP contribution in [0.2, 0.25) is 0 Å². The van der Waals surface area contributed by atoms with Crippen molar-refractivity contribution in [1.29, 1.82) is 0 Å². The number of nitrogens with one attached hydrogen (secondary N) is 1. The summed E-state index contributed by atoms with van der Waals surface area (Å²) in [5.41, 5.74) is 0.211. The Labute approximate surface area is 106 Å². The average Bonchev–Trinajstić information content (AvgIpc) is 2.19. The highest BCUT2D eigenvalue weighted by molar-refractivity contribution is 9.10. The molecule has 1 aromatic carbocycles. The molecule has 0 heterocycles. The molecule has 0 bridgehead atoms. The first kappa shape index (κ1) is 13.4. The number of benzene rings is 1. The number of para-hydroxylation sites is 1. The van der Waals surface area contributed by atoms with Crippen LogP contribution in [0, 0.1) is 10.1 Å². The summed E-state index contributed by atoms with van der Waals surface area (Å²) in [5, 5.41) is 22.3. The fourth-order valence-electron chi connectivity index (χ4n) is 1.37. The summed E-state index contributed by atoms with van der Waals surface area (Å²) in [5.74, 6) is -0.959. The van der Waals surface area contributed by atoms with E-state index in [2.05, 4.69) is 21.2 Å². The SMILES string of the molecule is CC(CC(=O)O)Nc1c(Br)cccc1[N+](=O)[O-]. The first-order valence-electron chi connectivity index (χ1n) is 4.83. The molecule has 0 fully saturated rings. The van der Waals surface area contributed by atoms with Gasteiger partial charge in [-0.15, -0.1) is 0 Å². The van der Waals surface area contributed by atoms with Crippen molar-refractivity contribution in [2.24, 2.45) is 0 Å². The van der Waals surface area contributed by atoms with Crippen LogP contribution in [0.15, 0.2) is 22.7 Å². The summed E-state index contributed by atoms with van der Waals surface area (Å²) in [6, 6.07) is 4.17. The van der Waals surface area contributed by atoms with Gasteiger partial charge in [-0.25, -0.2) is 0 Å². The third-order valence-electron chi connectivity index (χ3n) is 2.06. The number of nitrogens with zero attached hydrogens (tertiary/aromatic N) is 1. The number of nitro benzene ring substituents is 1. The van der Waals surface area contributed by atoms with Gasteiger partial charge in [-0.05, 0) is 28.9 Å². The van der Waals surface area contributed by atoms with Crippen LogP contribution in [0.5, 0.6) is 0 Å². The number of halogens is 1. The van der Waals surface area contributed by atoms with Gasteiger partial charge in [-0.3, -0.25) is 14.9 Å². The molecule has 1 aromatic rings. The summed E-state index contributed by atoms with van der Waals surface area (Å²) < 4.78 is 0.531. The van der Waals surface area contributed by atoms with E-state index in [0.717, 1.165) is 0 Å². The zero-order valence-corrected chi connectivity index (χ0v) is 10.6. The number of carboxylic acids is 1. The lowest BCUT2D eigenvalue weighted by Crippen LogP contribution is -2.20. The Morgan fingerprint density at radius 1 is 1.65 bits per heavy atom. The lowest BCUT2D eigenvalue weighted by molar-refractivity contribution is -0.384. The molecule has 0 amide bonds. The third-order valence-corrected chi connectivity index (χ3v) is 2.72. The van der Waals surface area contributed by atoms with Gasteiger partial charge in [0.1, 0.15) is 5.69 Å². The van der Waals surface area contributed by atoms with Gasteiger partial charge in [0.25, 0.3) is 5.69 Å². The highest BCUT2D eigenvalue weighted by atomic mass is 79.9. The van der Waals surface area contributed by atoms with Crippen LogP contribution < -0.4 is 5.32 Å². The van der Waals surface area contributed by atoms with Crippen molar-refractivity contribution in [1.82, 2.24) is 0 Å². The van der Waals surface area contributed by atoms with E-state index in [1.807, 2.05) is 0 Å². The van der Waals surface area contributed by atoms with Crippen molar-refractivity contribution in [3.05, 3.63) is 32.8 Å². The molecule has 92 valence electrons. The predicted octanol–water partition coefficient (Wildman–Crippen LogP) is 2.63. The molecule has 1 atom stereocenters. The zero-order chi connectivity index (χ0) is 13.0. The largest absolute Gasteiger partial charge is 0.481 e. The molecule has 0 radical (unpaired) electrons. The van der Waals surface area contributed by atoms with E-state index in [4.69, 9.17) is 5.11 Å². The molecule has 17 heavy (non-hydrogen) atoms. The van der Waals surface area contributed by atoms with Gasteiger partial charge in [-0.1, -0.05) is 6.07 Å². The Morgan fingerprint density at radius 2 is 2.29 bits per heavy atom. The summed E-state index contributed by atoms with van der Waals surface area (Å²) in [7, 11) is 0. The van der Waals surface area contributed by atoms with Gasteiger partial charge in [0.15, 0.2) is 0 Å². The lowest BCUT2D eigenvalue weighted by atomic mass is 10.2. The molecular formula is C10H11BrN2O4. The van der Waals surface area contributed by atoms with E-state index in [9.17, 15) is 14.9 Å². The maximum absolute atomic E-state index is 10.8. The van der Waals surface area contributed by atoms with Gasteiger partial charge < -0.3 is 10.4 Å². The van der Waals surface area contributed by atoms with Crippen LogP contribution in [0.1, 0.15) is 13.3 Å². The number of nitro groups is 1. The molecule has 1 rings (SSSR count). The van der Waals surface area contributed by atoms with Crippen LogP contribution in [0.4, 0.5) is 11.4 Å². The zero-order valence-electron chi connectivity index (χ0n) is 9.01. The molecule has 1 unspecified atom stereocenters. The van der Waals surface area contributed by atoms with Crippen molar-refractivity contribution in [3.8, 4) is 0 Å². The molecule has 0 spiro atoms. The second kappa shape index (κ2) is 5.62. The number of hydrogen-bond acceptors (Lipinski definition) is 4. The second-order valence-electron chi connectivity index (χ2n) is 3.53. The van der Waals surface area contributed by atoms with E-state index in [1.54, 1.807) is 19.1 Å². The summed E-state index contributed by atoms with van der Waals surface area (Å²) >= 11 is 3.20. The van der Waals surface area contributed by atoms with Gasteiger partial charge >= 0.3 is 5.97 Å². The fourth-order valence-corrected chi connectivity index (χ4v) is 1.84. The van der Waals surface area contributed by atoms with Crippen molar-refractivity contribution < 1.29 is 14.8 Å². The van der Waals surface area contributed by atoms with Crippen molar-refractivity contribution in [2.75, 3.05) is 5.32 Å². The second-order valence-corrected chi connectivity index (χ2v) is 4.39. The number of rotatable bonds is 5. The minimum atomic E-state index is -0.959. The number of anilines is 1. The molecule has 0 aliphatic carbocycles. The van der Waals surface area contributed by atoms with Crippen LogP contribution in [0.25, 0.3) is 0 Å². The molecule has 0 saturated heterocycles. The third kappa shape index (κ3) is 3.70. The minimum Gasteiger partial charge on any atom is -0.481 e. The first-order valence-corrected chi connectivity index (χ1v) is 5.62. The molecule has 0 aromatic heterocycles. The Hall–Kier alpha value is -1.63. The van der Waals surface area contributed by atoms with Gasteiger partial charge in [0.05, 0.1) is 11.3 Å². The molecular weight excluding hydrogens is 292 g/mol. The maximum Gasteiger partial charge on any atom is 0.305 e. The van der Waals surface area contributed by atoms with E-state index >= 15 is 0 Å². The number of hydrogen-bond donors (Lipinski definition) is 2. The van der Waals surface area contributed by atoms with Crippen molar-refractivity contribution in [3.63, 3.8) is 0 Å². The fraction of sp³-hybridized carbons (Fsp3) is 0.300. The van der Waals surface area contributed by atoms with E-state index in [1.165, 1.54) is 6.07 Å². The van der Waals surface area contributed by atoms with Gasteiger partial charge in [-0.2, -0.15) is 0 Å². The Balaban J connectivity index is 2.96. The van der Waals surface area contributed by atoms with Crippen molar-refractivity contribution >= 4 is 33.3 Å². The van der Waals surface area contributed by atoms with E-state index < -0.39 is 16.9 Å². The lowest BCUT2D eigenvalue weighted by Gasteiger charge is -2.14. The number of carboxylic acid groups (broad SMARTS) is 1. The molecule has 7 heteroatoms. The topological polar surface area (TPSA) is 92.5 Å². The summed E-state index contributed by atoms with van der Waals surface area (Å²) in [4.78, 5) is 20.8. The Kier molecular flexibility index (Phi) is 4.45. The molecule has 0 aliphatic rings. The molecule has 6 nitrogen and oxygen atoms in total. The van der Waals surface area contributed by atoms with Crippen LogP contribution in [0.3, 0.4) is 0 Å². The molecule has 2 N–H and O–H groups in total.